The zero-order chi connectivity index (χ0) is 19.6. The van der Waals surface area contributed by atoms with E-state index >= 15 is 0 Å². The number of nitrogens with zero attached hydrogens (tertiary/aromatic N) is 1. The third-order valence-corrected chi connectivity index (χ3v) is 5.05. The molecule has 0 aromatic heterocycles. The van der Waals surface area contributed by atoms with Crippen molar-refractivity contribution in [1.82, 2.24) is 4.90 Å². The Balaban J connectivity index is 1.89. The molecule has 1 aliphatic heterocycles. The van der Waals surface area contributed by atoms with E-state index in [1.54, 1.807) is 45.0 Å². The lowest BCUT2D eigenvalue weighted by atomic mass is 10.1. The zero-order valence-electron chi connectivity index (χ0n) is 15.5. The lowest BCUT2D eigenvalue weighted by Gasteiger charge is -2.28. The Bertz CT molecular complexity index is 838. The van der Waals surface area contributed by atoms with Crippen LogP contribution in [-0.2, 0) is 9.53 Å². The van der Waals surface area contributed by atoms with E-state index in [0.717, 1.165) is 9.80 Å². The van der Waals surface area contributed by atoms with Crippen LogP contribution in [0.2, 0.25) is 0 Å². The minimum atomic E-state index is -0.998. The number of amides is 2. The van der Waals surface area contributed by atoms with Crippen molar-refractivity contribution in [2.45, 2.75) is 37.3 Å². The maximum absolute atomic E-state index is 12.8. The third kappa shape index (κ3) is 4.22. The van der Waals surface area contributed by atoms with Crippen LogP contribution in [0.3, 0.4) is 0 Å². The number of benzene rings is 2. The van der Waals surface area contributed by atoms with Gasteiger partial charge in [-0.1, -0.05) is 30.3 Å². The Kier molecular flexibility index (Phi) is 5.37. The maximum Gasteiger partial charge on any atom is 0.330 e. The van der Waals surface area contributed by atoms with Crippen LogP contribution in [0.1, 0.15) is 41.5 Å². The Labute approximate surface area is 162 Å². The van der Waals surface area contributed by atoms with E-state index in [1.165, 1.54) is 11.8 Å². The average Bonchev–Trinajstić information content (AvgIpc) is 2.87. The number of esters is 1. The summed E-state index contributed by atoms with van der Waals surface area (Å²) >= 11 is 1.41. The molecule has 0 spiro atoms. The standard InChI is InChI=1S/C21H21NO4S/c1-21(2,3)26-20(25)17(13-27-14-9-5-4-6-10-14)22-18(23)15-11-7-8-12-16(15)19(22)24/h4-12,17H,13H2,1-3H3/t17-/m1/s1. The summed E-state index contributed by atoms with van der Waals surface area (Å²) < 4.78 is 5.50. The molecule has 0 aliphatic carbocycles. The summed E-state index contributed by atoms with van der Waals surface area (Å²) in [6.07, 6.45) is 0. The Morgan fingerprint density at radius 2 is 1.48 bits per heavy atom. The van der Waals surface area contributed by atoms with Crippen molar-refractivity contribution >= 4 is 29.5 Å². The minimum absolute atomic E-state index is 0.227. The summed E-state index contributed by atoms with van der Waals surface area (Å²) in [5.74, 6) is -1.27. The molecule has 3 rings (SSSR count). The lowest BCUT2D eigenvalue weighted by Crippen LogP contribution is -2.48. The first-order chi connectivity index (χ1) is 12.8. The van der Waals surface area contributed by atoms with Crippen LogP contribution in [-0.4, -0.2) is 40.1 Å². The lowest BCUT2D eigenvalue weighted by molar-refractivity contribution is -0.158. The monoisotopic (exact) mass is 383 g/mol. The number of rotatable bonds is 5. The molecule has 140 valence electrons. The van der Waals surface area contributed by atoms with Crippen molar-refractivity contribution < 1.29 is 19.1 Å². The largest absolute Gasteiger partial charge is 0.458 e. The molecule has 0 fully saturated rings. The van der Waals surface area contributed by atoms with Gasteiger partial charge in [-0.3, -0.25) is 14.5 Å². The van der Waals surface area contributed by atoms with Crippen LogP contribution in [0, 0.1) is 0 Å². The molecule has 0 radical (unpaired) electrons. The van der Waals surface area contributed by atoms with Gasteiger partial charge in [-0.15, -0.1) is 11.8 Å². The zero-order valence-corrected chi connectivity index (χ0v) is 16.3. The van der Waals surface area contributed by atoms with Crippen LogP contribution in [0.15, 0.2) is 59.5 Å². The summed E-state index contributed by atoms with van der Waals surface area (Å²) in [5, 5.41) is 0. The van der Waals surface area contributed by atoms with Gasteiger partial charge in [0, 0.05) is 10.6 Å². The number of imide groups is 1. The van der Waals surface area contributed by atoms with Gasteiger partial charge in [0.2, 0.25) is 0 Å². The van der Waals surface area contributed by atoms with Crippen LogP contribution >= 0.6 is 11.8 Å². The van der Waals surface area contributed by atoms with E-state index < -0.39 is 29.4 Å². The van der Waals surface area contributed by atoms with E-state index in [4.69, 9.17) is 4.74 Å². The average molecular weight is 383 g/mol. The molecule has 0 saturated heterocycles. The fourth-order valence-corrected chi connectivity index (χ4v) is 3.79. The van der Waals surface area contributed by atoms with E-state index in [-0.39, 0.29) is 5.75 Å². The predicted molar refractivity (Wildman–Crippen MR) is 104 cm³/mol. The number of thioether (sulfide) groups is 1. The van der Waals surface area contributed by atoms with Gasteiger partial charge in [-0.25, -0.2) is 4.79 Å². The van der Waals surface area contributed by atoms with E-state index in [0.29, 0.717) is 11.1 Å². The molecular formula is C21H21NO4S. The maximum atomic E-state index is 12.8. The number of hydrogen-bond donors (Lipinski definition) is 0. The number of carbonyl (C=O) groups excluding carboxylic acids is 3. The van der Waals surface area contributed by atoms with Crippen molar-refractivity contribution in [1.29, 1.82) is 0 Å². The van der Waals surface area contributed by atoms with Crippen molar-refractivity contribution in [3.8, 4) is 0 Å². The van der Waals surface area contributed by atoms with Gasteiger partial charge in [0.05, 0.1) is 11.1 Å². The molecular weight excluding hydrogens is 362 g/mol. The number of carbonyl (C=O) groups is 3. The number of hydrogen-bond acceptors (Lipinski definition) is 5. The van der Waals surface area contributed by atoms with E-state index in [9.17, 15) is 14.4 Å². The highest BCUT2D eigenvalue weighted by molar-refractivity contribution is 7.99. The van der Waals surface area contributed by atoms with Gasteiger partial charge >= 0.3 is 5.97 Å². The summed E-state index contributed by atoms with van der Waals surface area (Å²) in [6, 6.07) is 15.1. The van der Waals surface area contributed by atoms with Crippen LogP contribution < -0.4 is 0 Å². The molecule has 1 heterocycles. The highest BCUT2D eigenvalue weighted by atomic mass is 32.2. The summed E-state index contributed by atoms with van der Waals surface area (Å²) in [5.41, 5.74) is -0.0765. The van der Waals surface area contributed by atoms with Crippen molar-refractivity contribution in [3.63, 3.8) is 0 Å². The van der Waals surface area contributed by atoms with Gasteiger partial charge in [-0.05, 0) is 45.0 Å². The topological polar surface area (TPSA) is 63.7 Å². The SMILES string of the molecule is CC(C)(C)OC(=O)[C@@H](CSc1ccccc1)N1C(=O)c2ccccc2C1=O. The van der Waals surface area contributed by atoms with Crippen LogP contribution in [0.4, 0.5) is 0 Å². The number of ether oxygens (including phenoxy) is 1. The molecule has 27 heavy (non-hydrogen) atoms. The first-order valence-electron chi connectivity index (χ1n) is 8.65. The summed E-state index contributed by atoms with van der Waals surface area (Å²) in [4.78, 5) is 40.4. The molecule has 0 N–H and O–H groups in total. The first-order valence-corrected chi connectivity index (χ1v) is 9.64. The van der Waals surface area contributed by atoms with Crippen LogP contribution in [0.5, 0.6) is 0 Å². The molecule has 0 unspecified atom stereocenters. The fourth-order valence-electron chi connectivity index (χ4n) is 2.80. The molecule has 0 bridgehead atoms. The predicted octanol–water partition coefficient (Wildman–Crippen LogP) is 3.79. The van der Waals surface area contributed by atoms with E-state index in [2.05, 4.69) is 0 Å². The van der Waals surface area contributed by atoms with Gasteiger partial charge in [0.1, 0.15) is 11.6 Å². The number of fused-ring (bicyclic) bond motifs is 1. The van der Waals surface area contributed by atoms with E-state index in [1.807, 2.05) is 30.3 Å². The molecule has 2 amide bonds. The Hall–Kier alpha value is -2.60. The van der Waals surface area contributed by atoms with Crippen molar-refractivity contribution in [2.24, 2.45) is 0 Å². The molecule has 1 atom stereocenters. The van der Waals surface area contributed by atoms with Crippen molar-refractivity contribution in [2.75, 3.05) is 5.75 Å². The molecule has 1 aliphatic rings. The van der Waals surface area contributed by atoms with Gasteiger partial charge in [-0.2, -0.15) is 0 Å². The van der Waals surface area contributed by atoms with Crippen LogP contribution in [0.25, 0.3) is 0 Å². The van der Waals surface area contributed by atoms with Gasteiger partial charge < -0.3 is 4.74 Å². The first kappa shape index (κ1) is 19.2. The molecule has 2 aromatic rings. The molecule has 6 heteroatoms. The second-order valence-corrected chi connectivity index (χ2v) is 8.29. The normalized spacial score (nSPS) is 14.9. The molecule has 0 saturated carbocycles. The molecule has 2 aromatic carbocycles. The van der Waals surface area contributed by atoms with Crippen molar-refractivity contribution in [3.05, 3.63) is 65.7 Å². The second kappa shape index (κ2) is 7.56. The Morgan fingerprint density at radius 1 is 0.963 bits per heavy atom. The smallest absolute Gasteiger partial charge is 0.330 e. The Morgan fingerprint density at radius 3 is 2.00 bits per heavy atom. The minimum Gasteiger partial charge on any atom is -0.458 e. The van der Waals surface area contributed by atoms with Gasteiger partial charge in [0.25, 0.3) is 11.8 Å². The summed E-state index contributed by atoms with van der Waals surface area (Å²) in [6.45, 7) is 5.28. The summed E-state index contributed by atoms with van der Waals surface area (Å²) in [7, 11) is 0. The second-order valence-electron chi connectivity index (χ2n) is 7.20. The third-order valence-electron chi connectivity index (χ3n) is 3.97. The quantitative estimate of drug-likeness (QED) is 0.447. The highest BCUT2D eigenvalue weighted by Crippen LogP contribution is 2.29. The fraction of sp³-hybridized carbons (Fsp3) is 0.286. The highest BCUT2D eigenvalue weighted by Gasteiger charge is 2.44. The molecule has 5 nitrogen and oxygen atoms in total. The van der Waals surface area contributed by atoms with Gasteiger partial charge in [0.15, 0.2) is 0 Å².